The van der Waals surface area contributed by atoms with Crippen LogP contribution in [0.25, 0.3) is 0 Å². The van der Waals surface area contributed by atoms with Crippen molar-refractivity contribution >= 4 is 5.97 Å². The molecule has 2 aliphatic carbocycles. The summed E-state index contributed by atoms with van der Waals surface area (Å²) in [5.74, 6) is -0.114. The molecule has 1 unspecified atom stereocenters. The van der Waals surface area contributed by atoms with Gasteiger partial charge in [0.1, 0.15) is 5.60 Å². The Bertz CT molecular complexity index is 264. The number of hydrogen-bond donors (Lipinski definition) is 1. The second kappa shape index (κ2) is 3.48. The Morgan fingerprint density at radius 3 is 2.40 bits per heavy atom. The molecule has 0 saturated heterocycles. The highest BCUT2D eigenvalue weighted by Gasteiger charge is 2.56. The molecule has 15 heavy (non-hydrogen) atoms. The quantitative estimate of drug-likeness (QED) is 0.728. The highest BCUT2D eigenvalue weighted by Crippen LogP contribution is 2.52. The van der Waals surface area contributed by atoms with Crippen molar-refractivity contribution in [2.24, 2.45) is 5.92 Å². The van der Waals surface area contributed by atoms with Crippen LogP contribution in [0.3, 0.4) is 0 Å². The summed E-state index contributed by atoms with van der Waals surface area (Å²) < 4.78 is 5.61. The molecule has 0 aliphatic heterocycles. The maximum absolute atomic E-state index is 11.7. The molecule has 3 heteroatoms. The average Bonchev–Trinajstić information content (AvgIpc) is 2.69. The highest BCUT2D eigenvalue weighted by molar-refractivity contribution is 5.72. The molecule has 0 aromatic heterocycles. The van der Waals surface area contributed by atoms with Crippen molar-refractivity contribution in [3.63, 3.8) is 0 Å². The van der Waals surface area contributed by atoms with E-state index in [1.165, 1.54) is 0 Å². The van der Waals surface area contributed by atoms with Gasteiger partial charge in [0, 0.05) is 6.42 Å². The van der Waals surface area contributed by atoms with Gasteiger partial charge in [0.25, 0.3) is 0 Å². The molecule has 0 radical (unpaired) electrons. The van der Waals surface area contributed by atoms with Crippen LogP contribution < -0.4 is 0 Å². The molecular weight excluding hydrogens is 192 g/mol. The lowest BCUT2D eigenvalue weighted by molar-refractivity contribution is -0.163. The Balaban J connectivity index is 1.98. The molecule has 2 aliphatic rings. The molecule has 0 spiro atoms. The van der Waals surface area contributed by atoms with Crippen LogP contribution in [0.4, 0.5) is 0 Å². The van der Waals surface area contributed by atoms with Crippen LogP contribution in [-0.2, 0) is 9.53 Å². The Labute approximate surface area is 90.8 Å². The summed E-state index contributed by atoms with van der Waals surface area (Å²) in [5.41, 5.74) is -0.856. The summed E-state index contributed by atoms with van der Waals surface area (Å²) in [4.78, 5) is 11.7. The molecule has 86 valence electrons. The minimum atomic E-state index is -0.532. The van der Waals surface area contributed by atoms with Crippen LogP contribution in [0.5, 0.6) is 0 Å². The Kier molecular flexibility index (Phi) is 2.53. The molecule has 0 amide bonds. The number of carbonyl (C=O) groups excluding carboxylic acids is 1. The second-order valence-corrected chi connectivity index (χ2v) is 5.31. The zero-order chi connectivity index (χ0) is 11.1. The van der Waals surface area contributed by atoms with E-state index in [0.29, 0.717) is 6.42 Å². The van der Waals surface area contributed by atoms with Gasteiger partial charge in [-0.25, -0.2) is 0 Å². The summed E-state index contributed by atoms with van der Waals surface area (Å²) in [5, 5.41) is 10.0. The predicted molar refractivity (Wildman–Crippen MR) is 56.3 cm³/mol. The van der Waals surface area contributed by atoms with Crippen molar-refractivity contribution in [3.05, 3.63) is 0 Å². The first-order valence-electron chi connectivity index (χ1n) is 5.94. The summed E-state index contributed by atoms with van der Waals surface area (Å²) in [6.45, 7) is 3.89. The molecule has 3 nitrogen and oxygen atoms in total. The second-order valence-electron chi connectivity index (χ2n) is 5.31. The Hall–Kier alpha value is -0.570. The van der Waals surface area contributed by atoms with Crippen LogP contribution in [0.15, 0.2) is 0 Å². The predicted octanol–water partition coefficient (Wildman–Crippen LogP) is 2.02. The molecule has 0 aromatic carbocycles. The van der Waals surface area contributed by atoms with E-state index < -0.39 is 5.60 Å². The van der Waals surface area contributed by atoms with Crippen molar-refractivity contribution in [1.82, 2.24) is 0 Å². The van der Waals surface area contributed by atoms with Crippen LogP contribution in [0, 0.1) is 5.92 Å². The zero-order valence-corrected chi connectivity index (χ0v) is 9.58. The lowest BCUT2D eigenvalue weighted by Crippen LogP contribution is -2.32. The molecule has 1 atom stereocenters. The Morgan fingerprint density at radius 2 is 2.00 bits per heavy atom. The van der Waals surface area contributed by atoms with Crippen molar-refractivity contribution in [2.45, 2.75) is 63.6 Å². The van der Waals surface area contributed by atoms with E-state index in [-0.39, 0.29) is 17.5 Å². The third-order valence-electron chi connectivity index (χ3n) is 4.08. The molecule has 2 saturated carbocycles. The number of esters is 1. The average molecular weight is 212 g/mol. The van der Waals surface area contributed by atoms with E-state index in [2.05, 4.69) is 0 Å². The van der Waals surface area contributed by atoms with E-state index in [1.54, 1.807) is 0 Å². The number of ether oxygens (including phenoxy) is 1. The minimum absolute atomic E-state index is 0.0198. The van der Waals surface area contributed by atoms with Gasteiger partial charge in [-0.05, 0) is 32.1 Å². The lowest BCUT2D eigenvalue weighted by Gasteiger charge is -2.27. The smallest absolute Gasteiger partial charge is 0.309 e. The van der Waals surface area contributed by atoms with Crippen LogP contribution in [0.2, 0.25) is 0 Å². The fourth-order valence-corrected chi connectivity index (χ4v) is 2.74. The van der Waals surface area contributed by atoms with Gasteiger partial charge >= 0.3 is 5.97 Å². The van der Waals surface area contributed by atoms with Gasteiger partial charge in [0.2, 0.25) is 0 Å². The summed E-state index contributed by atoms with van der Waals surface area (Å²) in [6.07, 6.45) is 4.74. The monoisotopic (exact) mass is 212 g/mol. The molecule has 0 heterocycles. The van der Waals surface area contributed by atoms with Crippen LogP contribution in [0.1, 0.15) is 52.4 Å². The van der Waals surface area contributed by atoms with Crippen molar-refractivity contribution in [2.75, 3.05) is 0 Å². The topological polar surface area (TPSA) is 46.5 Å². The fourth-order valence-electron chi connectivity index (χ4n) is 2.74. The maximum Gasteiger partial charge on any atom is 0.309 e. The molecule has 0 aromatic rings. The standard InChI is InChI=1S/C12H20O3/c1-3-9(2)10(13)15-12-6-4-11(14,8-12)5-7-12/h9,14H,3-8H2,1-2H3. The van der Waals surface area contributed by atoms with E-state index in [4.69, 9.17) is 4.74 Å². The normalized spacial score (nSPS) is 40.5. The van der Waals surface area contributed by atoms with Gasteiger partial charge in [-0.15, -0.1) is 0 Å². The number of fused-ring (bicyclic) bond motifs is 2. The van der Waals surface area contributed by atoms with Gasteiger partial charge < -0.3 is 9.84 Å². The third kappa shape index (κ3) is 1.89. The summed E-state index contributed by atoms with van der Waals surface area (Å²) >= 11 is 0. The first-order chi connectivity index (χ1) is 6.99. The zero-order valence-electron chi connectivity index (χ0n) is 9.58. The van der Waals surface area contributed by atoms with E-state index in [1.807, 2.05) is 13.8 Å². The van der Waals surface area contributed by atoms with Gasteiger partial charge in [-0.3, -0.25) is 4.79 Å². The van der Waals surface area contributed by atoms with Crippen molar-refractivity contribution in [3.8, 4) is 0 Å². The van der Waals surface area contributed by atoms with Gasteiger partial charge in [-0.1, -0.05) is 13.8 Å². The summed E-state index contributed by atoms with van der Waals surface area (Å²) in [6, 6.07) is 0. The number of carbonyl (C=O) groups is 1. The number of rotatable bonds is 3. The van der Waals surface area contributed by atoms with E-state index in [9.17, 15) is 9.90 Å². The minimum Gasteiger partial charge on any atom is -0.459 e. The number of aliphatic hydroxyl groups is 1. The summed E-state index contributed by atoms with van der Waals surface area (Å²) in [7, 11) is 0. The lowest BCUT2D eigenvalue weighted by atomic mass is 9.95. The molecule has 2 rings (SSSR count). The molecule has 2 bridgehead atoms. The van der Waals surface area contributed by atoms with E-state index >= 15 is 0 Å². The van der Waals surface area contributed by atoms with Gasteiger partial charge in [0.15, 0.2) is 0 Å². The van der Waals surface area contributed by atoms with Crippen molar-refractivity contribution in [1.29, 1.82) is 0 Å². The number of hydrogen-bond acceptors (Lipinski definition) is 3. The molecular formula is C12H20O3. The first kappa shape index (κ1) is 10.9. The van der Waals surface area contributed by atoms with Crippen LogP contribution in [-0.4, -0.2) is 22.3 Å². The maximum atomic E-state index is 11.7. The van der Waals surface area contributed by atoms with Gasteiger partial charge in [-0.2, -0.15) is 0 Å². The fraction of sp³-hybridized carbons (Fsp3) is 0.917. The largest absolute Gasteiger partial charge is 0.459 e. The van der Waals surface area contributed by atoms with Crippen molar-refractivity contribution < 1.29 is 14.6 Å². The van der Waals surface area contributed by atoms with E-state index in [0.717, 1.165) is 32.1 Å². The molecule has 2 fully saturated rings. The van der Waals surface area contributed by atoms with Crippen LogP contribution >= 0.6 is 0 Å². The SMILES string of the molecule is CCC(C)C(=O)OC12CCC(O)(CC1)C2. The first-order valence-corrected chi connectivity index (χ1v) is 5.94. The Morgan fingerprint density at radius 1 is 1.40 bits per heavy atom. The molecule has 1 N–H and O–H groups in total. The van der Waals surface area contributed by atoms with Gasteiger partial charge in [0.05, 0.1) is 11.5 Å². The third-order valence-corrected chi connectivity index (χ3v) is 4.08. The highest BCUT2D eigenvalue weighted by atomic mass is 16.6.